The number of allylic oxidation sites excluding steroid dienone is 4. The fourth-order valence-electron chi connectivity index (χ4n) is 5.65. The highest BCUT2D eigenvalue weighted by molar-refractivity contribution is 8.15. The highest BCUT2D eigenvalue weighted by Crippen LogP contribution is 2.34. The Kier molecular flexibility index (Phi) is 12.1. The van der Waals surface area contributed by atoms with Crippen LogP contribution in [0.15, 0.2) is 60.0 Å². The summed E-state index contributed by atoms with van der Waals surface area (Å²) in [6.45, 7) is 7.90. The fraction of sp³-hybridized carbons (Fsp3) is 0.548. The first-order valence-electron chi connectivity index (χ1n) is 15.0. The Labute approximate surface area is 258 Å². The molecule has 4 unspecified atom stereocenters. The molecule has 1 aromatic heterocycles. The average Bonchev–Trinajstić information content (AvgIpc) is 3.71. The summed E-state index contributed by atoms with van der Waals surface area (Å²) in [7, 11) is 1.71. The molecular formula is C31H43N7O4S. The van der Waals surface area contributed by atoms with E-state index in [0.29, 0.717) is 30.1 Å². The second kappa shape index (κ2) is 15.9. The SMILES string of the molecule is C=C/C=C\C=C(/C)C1SC(c2cnccn2)=NC1NOC(=O)C1CCCN1C(=O)C(NC(=O)[C@H](C)NC)C1CCCCC1. The minimum absolute atomic E-state index is 0.0414. The lowest BCUT2D eigenvalue weighted by atomic mass is 9.83. The van der Waals surface area contributed by atoms with Crippen LogP contribution in [0, 0.1) is 5.92 Å². The zero-order valence-electron chi connectivity index (χ0n) is 25.2. The Morgan fingerprint density at radius 3 is 2.63 bits per heavy atom. The molecule has 12 heteroatoms. The van der Waals surface area contributed by atoms with E-state index in [-0.39, 0.29) is 23.0 Å². The van der Waals surface area contributed by atoms with Gasteiger partial charge in [0.25, 0.3) is 0 Å². The number of hydrogen-bond acceptors (Lipinski definition) is 10. The largest absolute Gasteiger partial charge is 0.367 e. The average molecular weight is 610 g/mol. The van der Waals surface area contributed by atoms with Crippen LogP contribution in [0.25, 0.3) is 0 Å². The molecule has 5 atom stereocenters. The fourth-order valence-corrected chi connectivity index (χ4v) is 6.81. The zero-order valence-corrected chi connectivity index (χ0v) is 26.0. The molecule has 2 amide bonds. The van der Waals surface area contributed by atoms with E-state index in [9.17, 15) is 14.4 Å². The molecular weight excluding hydrogens is 566 g/mol. The van der Waals surface area contributed by atoms with Crippen LogP contribution in [0.1, 0.15) is 64.5 Å². The summed E-state index contributed by atoms with van der Waals surface area (Å²) in [6, 6.07) is -1.85. The van der Waals surface area contributed by atoms with Crippen LogP contribution in [0.3, 0.4) is 0 Å². The third-order valence-electron chi connectivity index (χ3n) is 8.22. The van der Waals surface area contributed by atoms with Gasteiger partial charge in [-0.3, -0.25) is 24.5 Å². The summed E-state index contributed by atoms with van der Waals surface area (Å²) in [4.78, 5) is 60.7. The number of aromatic nitrogens is 2. The van der Waals surface area contributed by atoms with E-state index in [4.69, 9.17) is 9.83 Å². The third-order valence-corrected chi connectivity index (χ3v) is 9.64. The molecule has 2 aliphatic heterocycles. The second-order valence-corrected chi connectivity index (χ2v) is 12.3. The highest BCUT2D eigenvalue weighted by atomic mass is 32.2. The smallest absolute Gasteiger partial charge is 0.347 e. The zero-order chi connectivity index (χ0) is 30.8. The van der Waals surface area contributed by atoms with Crippen LogP contribution in [-0.4, -0.2) is 80.8 Å². The molecule has 1 aromatic rings. The van der Waals surface area contributed by atoms with Crippen molar-refractivity contribution in [2.45, 2.75) is 88.3 Å². The maximum atomic E-state index is 13.9. The van der Waals surface area contributed by atoms with Gasteiger partial charge in [0.1, 0.15) is 29.0 Å². The molecule has 3 N–H and O–H groups in total. The van der Waals surface area contributed by atoms with Crippen molar-refractivity contribution in [1.82, 2.24) is 31.0 Å². The van der Waals surface area contributed by atoms with Crippen LogP contribution < -0.4 is 16.1 Å². The molecule has 1 saturated heterocycles. The first-order chi connectivity index (χ1) is 20.8. The van der Waals surface area contributed by atoms with E-state index in [1.165, 1.54) is 11.8 Å². The Morgan fingerprint density at radius 1 is 1.14 bits per heavy atom. The van der Waals surface area contributed by atoms with Crippen molar-refractivity contribution in [2.24, 2.45) is 10.9 Å². The monoisotopic (exact) mass is 609 g/mol. The number of likely N-dealkylation sites (N-methyl/N-ethyl adjacent to an activating group) is 1. The van der Waals surface area contributed by atoms with Gasteiger partial charge in [0, 0.05) is 18.9 Å². The van der Waals surface area contributed by atoms with Gasteiger partial charge in [-0.1, -0.05) is 67.5 Å². The van der Waals surface area contributed by atoms with Crippen LogP contribution in [0.2, 0.25) is 0 Å². The first kappa shape index (κ1) is 32.6. The Hall–Kier alpha value is -3.35. The van der Waals surface area contributed by atoms with Gasteiger partial charge in [0.2, 0.25) is 11.8 Å². The number of amides is 2. The number of thioether (sulfide) groups is 1. The second-order valence-electron chi connectivity index (χ2n) is 11.2. The van der Waals surface area contributed by atoms with Gasteiger partial charge in [-0.05, 0) is 52.5 Å². The quantitative estimate of drug-likeness (QED) is 0.241. The van der Waals surface area contributed by atoms with Crippen LogP contribution >= 0.6 is 11.8 Å². The lowest BCUT2D eigenvalue weighted by Crippen LogP contribution is -2.57. The highest BCUT2D eigenvalue weighted by Gasteiger charge is 2.42. The predicted molar refractivity (Wildman–Crippen MR) is 168 cm³/mol. The number of carbonyl (C=O) groups is 3. The summed E-state index contributed by atoms with van der Waals surface area (Å²) in [5, 5.41) is 6.46. The molecule has 2 fully saturated rings. The van der Waals surface area contributed by atoms with Crippen molar-refractivity contribution in [1.29, 1.82) is 0 Å². The maximum Gasteiger partial charge on any atom is 0.347 e. The molecule has 3 heterocycles. The summed E-state index contributed by atoms with van der Waals surface area (Å²) in [5.74, 6) is -0.935. The number of nitrogens with one attached hydrogen (secondary N) is 3. The summed E-state index contributed by atoms with van der Waals surface area (Å²) >= 11 is 1.51. The number of rotatable bonds is 12. The lowest BCUT2D eigenvalue weighted by Gasteiger charge is -2.35. The molecule has 0 aromatic carbocycles. The van der Waals surface area contributed by atoms with Crippen LogP contribution in [0.4, 0.5) is 0 Å². The first-order valence-corrected chi connectivity index (χ1v) is 15.9. The number of nitrogens with zero attached hydrogens (tertiary/aromatic N) is 4. The molecule has 43 heavy (non-hydrogen) atoms. The Balaban J connectivity index is 1.47. The number of hydroxylamine groups is 1. The molecule has 0 bridgehead atoms. The van der Waals surface area contributed by atoms with Crippen molar-refractivity contribution in [3.05, 3.63) is 60.7 Å². The van der Waals surface area contributed by atoms with Gasteiger partial charge >= 0.3 is 5.97 Å². The van der Waals surface area contributed by atoms with Crippen molar-refractivity contribution in [2.75, 3.05) is 13.6 Å². The molecule has 11 nitrogen and oxygen atoms in total. The number of aliphatic imine (C=N–C) groups is 1. The number of carbonyl (C=O) groups excluding carboxylic acids is 3. The van der Waals surface area contributed by atoms with Gasteiger partial charge in [-0.25, -0.2) is 4.79 Å². The summed E-state index contributed by atoms with van der Waals surface area (Å²) in [5.41, 5.74) is 4.53. The van der Waals surface area contributed by atoms with E-state index in [2.05, 4.69) is 32.7 Å². The van der Waals surface area contributed by atoms with Crippen molar-refractivity contribution in [3.63, 3.8) is 0 Å². The minimum Gasteiger partial charge on any atom is -0.367 e. The minimum atomic E-state index is -0.743. The molecule has 1 saturated carbocycles. The van der Waals surface area contributed by atoms with Crippen LogP contribution in [0.5, 0.6) is 0 Å². The third kappa shape index (κ3) is 8.39. The van der Waals surface area contributed by atoms with Crippen LogP contribution in [-0.2, 0) is 19.2 Å². The normalized spacial score (nSPS) is 24.4. The topological polar surface area (TPSA) is 138 Å². The van der Waals surface area contributed by atoms with E-state index >= 15 is 0 Å². The van der Waals surface area contributed by atoms with Gasteiger partial charge in [0.15, 0.2) is 0 Å². The van der Waals surface area contributed by atoms with E-state index in [0.717, 1.165) is 37.7 Å². The van der Waals surface area contributed by atoms with Crippen molar-refractivity contribution in [3.8, 4) is 0 Å². The molecule has 3 aliphatic rings. The maximum absolute atomic E-state index is 13.9. The molecule has 0 radical (unpaired) electrons. The van der Waals surface area contributed by atoms with Gasteiger partial charge in [0.05, 0.1) is 17.5 Å². The van der Waals surface area contributed by atoms with Gasteiger partial charge in [-0.15, -0.1) is 5.48 Å². The predicted octanol–water partition coefficient (Wildman–Crippen LogP) is 3.07. The van der Waals surface area contributed by atoms with E-state index in [1.54, 1.807) is 43.5 Å². The summed E-state index contributed by atoms with van der Waals surface area (Å²) < 4.78 is 0. The molecule has 4 rings (SSSR count). The lowest BCUT2D eigenvalue weighted by molar-refractivity contribution is -0.162. The number of hydrogen-bond donors (Lipinski definition) is 3. The standard InChI is InChI=1S/C31H43N7O4S/c1-5-6-8-12-20(2)26-27(36-29(43-26)23-19-33-16-17-34-23)37-42-31(41)24-15-11-18-38(24)30(40)25(22-13-9-7-10-14-22)35-28(39)21(3)32-4/h5-6,8,12,16-17,19,21-22,24-27,32,37H,1,7,9-11,13-15,18H2,2-4H3,(H,35,39)/b8-6-,20-12+/t21-,24?,25?,26?,27?/m0/s1. The molecule has 1 aliphatic carbocycles. The van der Waals surface area contributed by atoms with Gasteiger partial charge < -0.3 is 20.4 Å². The molecule has 0 spiro atoms. The van der Waals surface area contributed by atoms with E-state index in [1.807, 2.05) is 25.2 Å². The number of likely N-dealkylation sites (tertiary alicyclic amines) is 1. The van der Waals surface area contributed by atoms with Crippen molar-refractivity contribution >= 4 is 34.6 Å². The van der Waals surface area contributed by atoms with Crippen molar-refractivity contribution < 1.29 is 19.2 Å². The Bertz CT molecular complexity index is 1230. The molecule has 232 valence electrons. The Morgan fingerprint density at radius 2 is 1.93 bits per heavy atom. The van der Waals surface area contributed by atoms with Gasteiger partial charge in [-0.2, -0.15) is 0 Å². The summed E-state index contributed by atoms with van der Waals surface area (Å²) in [6.07, 6.45) is 17.8. The van der Waals surface area contributed by atoms with E-state index < -0.39 is 30.3 Å².